The molecule has 3 rings (SSSR count). The smallest absolute Gasteiger partial charge is 0.550 e. The van der Waals surface area contributed by atoms with E-state index in [0.29, 0.717) is 31.6 Å². The number of allylic oxidation sites excluding steroid dienone is 2. The van der Waals surface area contributed by atoms with Crippen molar-refractivity contribution in [3.05, 3.63) is 24.0 Å². The first-order valence-corrected chi connectivity index (χ1v) is 11.1. The summed E-state index contributed by atoms with van der Waals surface area (Å²) >= 11 is 0. The van der Waals surface area contributed by atoms with Gasteiger partial charge in [-0.05, 0) is 37.2 Å². The van der Waals surface area contributed by atoms with Gasteiger partial charge in [0.15, 0.2) is 6.17 Å². The maximum atomic E-state index is 15.0. The molecule has 0 bridgehead atoms. The normalized spacial score (nSPS) is 38.2. The van der Waals surface area contributed by atoms with Gasteiger partial charge in [0.05, 0.1) is 12.2 Å². The van der Waals surface area contributed by atoms with Crippen LogP contribution in [0.1, 0.15) is 58.8 Å². The summed E-state index contributed by atoms with van der Waals surface area (Å²) in [6.45, 7) is 4.27. The zero-order valence-corrected chi connectivity index (χ0v) is 20.4. The van der Waals surface area contributed by atoms with E-state index in [9.17, 15) is 20.1 Å². The fraction of sp³-hybridized carbons (Fsp3) is 0.783. The summed E-state index contributed by atoms with van der Waals surface area (Å²) in [5.74, 6) is -1.62. The van der Waals surface area contributed by atoms with Crippen LogP contribution in [0.2, 0.25) is 0 Å². The number of hydrogen-bond donors (Lipinski definition) is 2. The molecule has 5 nitrogen and oxygen atoms in total. The Morgan fingerprint density at radius 2 is 2.13 bits per heavy atom. The molecule has 0 aromatic heterocycles. The third-order valence-electron chi connectivity index (χ3n) is 6.79. The fourth-order valence-corrected chi connectivity index (χ4v) is 4.90. The molecule has 164 valence electrons. The van der Waals surface area contributed by atoms with Gasteiger partial charge in [-0.15, -0.1) is 0 Å². The molecule has 1 heterocycles. The minimum Gasteiger partial charge on any atom is -0.550 e. The molecule has 0 aromatic rings. The zero-order valence-electron chi connectivity index (χ0n) is 18.4. The van der Waals surface area contributed by atoms with Crippen LogP contribution in [0.4, 0.5) is 4.39 Å². The van der Waals surface area contributed by atoms with E-state index >= 15 is 4.39 Å². The van der Waals surface area contributed by atoms with Gasteiger partial charge in [0.1, 0.15) is 11.9 Å². The molecular formula is C23H34FNaO5. The first-order chi connectivity index (χ1) is 13.8. The molecule has 2 N–H and O–H groups in total. The first kappa shape index (κ1) is 25.9. The van der Waals surface area contributed by atoms with Gasteiger partial charge in [0, 0.05) is 30.1 Å². The molecule has 0 radical (unpaired) electrons. The van der Waals surface area contributed by atoms with Crippen LogP contribution in [0.15, 0.2) is 24.0 Å². The SMILES string of the molecule is CCCCC(C)C[C@H](O)/C=C/[C@@H]1[C@@H]2[C@H](C[C@H]1O)O/C(=C/CC1CC1C(=O)[O-])[C@@H]2F.[Na+]. The predicted octanol–water partition coefficient (Wildman–Crippen LogP) is -0.482. The standard InChI is InChI=1S/C23H35FO5.Na/c1-3-4-5-13(2)10-15(25)7-8-16-18(26)12-20-21(16)22(24)19(29-20)9-6-14-11-17(14)23(27)28;/h7-9,13-18,20-22,25-26H,3-6,10-12H2,1-2H3,(H,27,28);/q;+1/p-1/b8-7+,19-9+;/t13?,14?,15-,16+,17?,18-,20+,21-,22+;/m1./s1. The monoisotopic (exact) mass is 432 g/mol. The van der Waals surface area contributed by atoms with E-state index in [1.54, 1.807) is 18.2 Å². The van der Waals surface area contributed by atoms with Crippen LogP contribution < -0.4 is 34.7 Å². The van der Waals surface area contributed by atoms with E-state index in [1.807, 2.05) is 0 Å². The van der Waals surface area contributed by atoms with Gasteiger partial charge in [-0.1, -0.05) is 45.3 Å². The Kier molecular flexibility index (Phi) is 9.88. The van der Waals surface area contributed by atoms with E-state index in [4.69, 9.17) is 4.74 Å². The van der Waals surface area contributed by atoms with Crippen molar-refractivity contribution in [2.24, 2.45) is 29.6 Å². The van der Waals surface area contributed by atoms with Crippen molar-refractivity contribution < 1.29 is 58.8 Å². The van der Waals surface area contributed by atoms with Gasteiger partial charge in [0.25, 0.3) is 0 Å². The number of carbonyl (C=O) groups excluding carboxylic acids is 1. The molecule has 9 atom stereocenters. The third kappa shape index (κ3) is 6.32. The number of halogens is 1. The second-order valence-corrected chi connectivity index (χ2v) is 9.21. The largest absolute Gasteiger partial charge is 1.00 e. The van der Waals surface area contributed by atoms with Crippen molar-refractivity contribution in [1.29, 1.82) is 0 Å². The summed E-state index contributed by atoms with van der Waals surface area (Å²) in [4.78, 5) is 10.8. The van der Waals surface area contributed by atoms with Gasteiger partial charge in [0.2, 0.25) is 0 Å². The van der Waals surface area contributed by atoms with Crippen LogP contribution in [0.5, 0.6) is 0 Å². The van der Waals surface area contributed by atoms with E-state index in [-0.39, 0.29) is 47.3 Å². The zero-order chi connectivity index (χ0) is 21.1. The number of unbranched alkanes of at least 4 members (excludes halogenated alkanes) is 1. The number of aliphatic carboxylic acids is 1. The second kappa shape index (κ2) is 11.5. The quantitative estimate of drug-likeness (QED) is 0.360. The average molecular weight is 433 g/mol. The number of hydrogen-bond acceptors (Lipinski definition) is 5. The predicted molar refractivity (Wildman–Crippen MR) is 105 cm³/mol. The number of carbonyl (C=O) groups is 1. The van der Waals surface area contributed by atoms with E-state index in [0.717, 1.165) is 19.3 Å². The van der Waals surface area contributed by atoms with Crippen molar-refractivity contribution in [3.63, 3.8) is 0 Å². The first-order valence-electron chi connectivity index (χ1n) is 11.1. The van der Waals surface area contributed by atoms with Crippen molar-refractivity contribution in [1.82, 2.24) is 0 Å². The number of aliphatic hydroxyl groups excluding tert-OH is 2. The number of alkyl halides is 1. The number of fused-ring (bicyclic) bond motifs is 1. The minimum atomic E-state index is -1.31. The van der Waals surface area contributed by atoms with Crippen LogP contribution in [0.25, 0.3) is 0 Å². The Hall–Kier alpha value is -0.400. The van der Waals surface area contributed by atoms with Gasteiger partial charge in [-0.2, -0.15) is 0 Å². The minimum absolute atomic E-state index is 0. The van der Waals surface area contributed by atoms with Gasteiger partial charge in [-0.3, -0.25) is 0 Å². The van der Waals surface area contributed by atoms with E-state index in [1.165, 1.54) is 0 Å². The molecule has 2 saturated carbocycles. The van der Waals surface area contributed by atoms with Crippen LogP contribution in [0, 0.1) is 29.6 Å². The number of carboxylic acid groups (broad SMARTS) is 1. The molecule has 0 amide bonds. The molecule has 1 saturated heterocycles. The maximum Gasteiger partial charge on any atom is 1.00 e. The average Bonchev–Trinajstić information content (AvgIpc) is 3.30. The Morgan fingerprint density at radius 1 is 1.40 bits per heavy atom. The fourth-order valence-electron chi connectivity index (χ4n) is 4.90. The Labute approximate surface area is 201 Å². The van der Waals surface area contributed by atoms with Crippen LogP contribution in [0.3, 0.4) is 0 Å². The van der Waals surface area contributed by atoms with Gasteiger partial charge >= 0.3 is 29.6 Å². The number of rotatable bonds is 10. The summed E-state index contributed by atoms with van der Waals surface area (Å²) in [6, 6.07) is 0. The maximum absolute atomic E-state index is 15.0. The van der Waals surface area contributed by atoms with Crippen molar-refractivity contribution in [2.75, 3.05) is 0 Å². The molecule has 0 spiro atoms. The molecule has 0 aromatic carbocycles. The molecule has 2 aliphatic carbocycles. The summed E-state index contributed by atoms with van der Waals surface area (Å²) in [6.07, 6.45) is 7.60. The molecule has 3 aliphatic rings. The topological polar surface area (TPSA) is 89.8 Å². The molecule has 3 fully saturated rings. The van der Waals surface area contributed by atoms with Crippen LogP contribution in [-0.2, 0) is 9.53 Å². The Bertz CT molecular complexity index is 639. The molecular weight excluding hydrogens is 398 g/mol. The molecule has 7 heteroatoms. The van der Waals surface area contributed by atoms with Gasteiger partial charge in [-0.25, -0.2) is 4.39 Å². The number of ether oxygens (including phenoxy) is 1. The summed E-state index contributed by atoms with van der Waals surface area (Å²) in [7, 11) is 0. The third-order valence-corrected chi connectivity index (χ3v) is 6.79. The van der Waals surface area contributed by atoms with E-state index in [2.05, 4.69) is 13.8 Å². The van der Waals surface area contributed by atoms with Gasteiger partial charge < -0.3 is 24.9 Å². The summed E-state index contributed by atoms with van der Waals surface area (Å²) < 4.78 is 20.8. The van der Waals surface area contributed by atoms with Crippen molar-refractivity contribution in [2.45, 2.75) is 83.3 Å². The van der Waals surface area contributed by atoms with Crippen LogP contribution >= 0.6 is 0 Å². The van der Waals surface area contributed by atoms with Crippen molar-refractivity contribution in [3.8, 4) is 0 Å². The molecule has 1 aliphatic heterocycles. The Balaban J connectivity index is 0.00000320. The second-order valence-electron chi connectivity index (χ2n) is 9.21. The van der Waals surface area contributed by atoms with E-state index < -0.39 is 42.1 Å². The molecule has 30 heavy (non-hydrogen) atoms. The summed E-state index contributed by atoms with van der Waals surface area (Å²) in [5.41, 5.74) is 0. The number of aliphatic hydroxyl groups is 2. The van der Waals surface area contributed by atoms with Crippen LogP contribution in [-0.4, -0.2) is 40.7 Å². The summed E-state index contributed by atoms with van der Waals surface area (Å²) in [5, 5.41) is 31.5. The number of carboxylic acids is 1. The van der Waals surface area contributed by atoms with Crippen molar-refractivity contribution >= 4 is 5.97 Å². The molecule has 3 unspecified atom stereocenters. The Morgan fingerprint density at radius 3 is 2.77 bits per heavy atom.